The average molecular weight is 556 g/mol. The van der Waals surface area contributed by atoms with Gasteiger partial charge in [0.15, 0.2) is 11.6 Å². The fourth-order valence-corrected chi connectivity index (χ4v) is 4.61. The monoisotopic (exact) mass is 555 g/mol. The molecule has 0 aliphatic rings. The molecule has 198 valence electrons. The molecule has 3 aromatic rings. The molecule has 0 aliphatic carbocycles. The van der Waals surface area contributed by atoms with E-state index in [1.165, 1.54) is 13.0 Å². The zero-order chi connectivity index (χ0) is 27.5. The van der Waals surface area contributed by atoms with Crippen molar-refractivity contribution in [1.82, 2.24) is 15.0 Å². The maximum Gasteiger partial charge on any atom is 0.424 e. The second-order valence-electron chi connectivity index (χ2n) is 8.84. The van der Waals surface area contributed by atoms with Crippen LogP contribution < -0.4 is 5.69 Å². The lowest BCUT2D eigenvalue weighted by molar-refractivity contribution is -0.259. The summed E-state index contributed by atoms with van der Waals surface area (Å²) in [5, 5.41) is 0.838. The quantitative estimate of drug-likeness (QED) is 0.314. The molecule has 0 aliphatic heterocycles. The van der Waals surface area contributed by atoms with Gasteiger partial charge in [-0.3, -0.25) is 9.78 Å². The van der Waals surface area contributed by atoms with Crippen LogP contribution in [0.4, 0.5) is 13.2 Å². The van der Waals surface area contributed by atoms with Crippen LogP contribution >= 0.6 is 23.2 Å². The Kier molecular flexibility index (Phi) is 8.82. The highest BCUT2D eigenvalue weighted by molar-refractivity contribution is 6.33. The number of nitrogens with one attached hydrogen (secondary N) is 1. The van der Waals surface area contributed by atoms with Gasteiger partial charge >= 0.3 is 11.9 Å². The van der Waals surface area contributed by atoms with Gasteiger partial charge in [0.1, 0.15) is 5.82 Å². The molecule has 0 amide bonds. The number of rotatable bonds is 9. The number of benzene rings is 2. The van der Waals surface area contributed by atoms with Gasteiger partial charge in [0.05, 0.1) is 5.02 Å². The van der Waals surface area contributed by atoms with Crippen LogP contribution in [0.3, 0.4) is 0 Å². The highest BCUT2D eigenvalue weighted by atomic mass is 35.5. The van der Waals surface area contributed by atoms with Crippen molar-refractivity contribution in [2.75, 3.05) is 7.11 Å². The number of hydrogen-bond acceptors (Lipinski definition) is 5. The van der Waals surface area contributed by atoms with E-state index in [4.69, 9.17) is 23.2 Å². The van der Waals surface area contributed by atoms with Gasteiger partial charge in [-0.05, 0) is 60.2 Å². The van der Waals surface area contributed by atoms with Crippen LogP contribution in [0.5, 0.6) is 0 Å². The second kappa shape index (κ2) is 11.3. The number of carbonyl (C=O) groups is 1. The largest absolute Gasteiger partial charge is 0.424 e. The maximum absolute atomic E-state index is 13.6. The molecule has 0 fully saturated rings. The first-order valence-electron chi connectivity index (χ1n) is 11.5. The second-order valence-corrected chi connectivity index (χ2v) is 9.65. The summed E-state index contributed by atoms with van der Waals surface area (Å²) in [7, 11) is 0.878. The lowest BCUT2D eigenvalue weighted by Crippen LogP contribution is -2.53. The van der Waals surface area contributed by atoms with Gasteiger partial charge in [-0.25, -0.2) is 9.78 Å². The minimum absolute atomic E-state index is 0.00129. The van der Waals surface area contributed by atoms with E-state index < -0.39 is 36.1 Å². The molecule has 1 N–H and O–H groups in total. The summed E-state index contributed by atoms with van der Waals surface area (Å²) < 4.78 is 45.4. The molecule has 0 saturated heterocycles. The first kappa shape index (κ1) is 28.8. The van der Waals surface area contributed by atoms with E-state index in [9.17, 15) is 22.8 Å². The third kappa shape index (κ3) is 6.05. The molecule has 1 aromatic heterocycles. The van der Waals surface area contributed by atoms with Crippen LogP contribution in [-0.4, -0.2) is 39.6 Å². The van der Waals surface area contributed by atoms with E-state index in [-0.39, 0.29) is 29.0 Å². The van der Waals surface area contributed by atoms with Crippen molar-refractivity contribution in [1.29, 1.82) is 0 Å². The number of ether oxygens (including phenoxy) is 1. The highest BCUT2D eigenvalue weighted by Crippen LogP contribution is 2.38. The molecule has 0 radical (unpaired) electrons. The predicted molar refractivity (Wildman–Crippen MR) is 137 cm³/mol. The summed E-state index contributed by atoms with van der Waals surface area (Å²) in [5.74, 6) is -0.649. The average Bonchev–Trinajstić information content (AvgIpc) is 2.83. The summed E-state index contributed by atoms with van der Waals surface area (Å²) in [6, 6.07) is 9.93. The molecule has 1 unspecified atom stereocenters. The Morgan fingerprint density at radius 3 is 2.35 bits per heavy atom. The van der Waals surface area contributed by atoms with Crippen LogP contribution in [0.2, 0.25) is 10.0 Å². The first-order chi connectivity index (χ1) is 17.3. The number of nitrogens with zero attached hydrogens (tertiary/aromatic N) is 2. The number of Topliss-reactive ketones (excluding diaryl/α,β-unsaturated/α-hetero) is 1. The number of halogens is 5. The number of methoxy groups -OCH3 is 1. The number of ketones is 1. The van der Waals surface area contributed by atoms with Crippen molar-refractivity contribution in [3.63, 3.8) is 0 Å². The van der Waals surface area contributed by atoms with E-state index in [0.29, 0.717) is 21.7 Å². The molecule has 11 heteroatoms. The number of aromatic nitrogens is 3. The minimum atomic E-state index is -4.84. The molecule has 0 bridgehead atoms. The SMILES string of the molecule is CCC(OC)(C(=O)CCc1ccc(Cl)c(-c2nc(-c3ccc(Cl)c(C(C)C)c3)nc(=O)[nH]2)c1)C(F)(F)F. The Morgan fingerprint density at radius 2 is 1.76 bits per heavy atom. The van der Waals surface area contributed by atoms with Crippen LogP contribution in [0.15, 0.2) is 41.2 Å². The standard InChI is InChI=1S/C26H26Cl2F3N3O3/c1-5-25(37-4,26(29,30)31)21(35)11-7-15-6-9-20(28)18(12-15)23-32-22(33-24(36)34-23)16-8-10-19(27)17(13-16)14(2)3/h6,8-10,12-14H,5,7,11H2,1-4H3,(H,32,33,34,36). The molecular weight excluding hydrogens is 530 g/mol. The van der Waals surface area contributed by atoms with Gasteiger partial charge in [0, 0.05) is 29.7 Å². The summed E-state index contributed by atoms with van der Waals surface area (Å²) >= 11 is 12.7. The molecule has 1 heterocycles. The minimum Gasteiger partial charge on any atom is -0.362 e. The Bertz CT molecular complexity index is 1350. The number of alkyl halides is 3. The smallest absolute Gasteiger partial charge is 0.362 e. The van der Waals surface area contributed by atoms with E-state index in [2.05, 4.69) is 19.7 Å². The molecule has 0 saturated carbocycles. The summed E-state index contributed by atoms with van der Waals surface area (Å²) in [6.45, 7) is 5.22. The number of aryl methyl sites for hydroxylation is 1. The van der Waals surface area contributed by atoms with E-state index in [0.717, 1.165) is 12.7 Å². The Labute approximate surface area is 222 Å². The lowest BCUT2D eigenvalue weighted by atomic mass is 9.90. The van der Waals surface area contributed by atoms with Crippen molar-refractivity contribution in [2.45, 2.75) is 57.7 Å². The van der Waals surface area contributed by atoms with Crippen molar-refractivity contribution in [2.24, 2.45) is 0 Å². The maximum atomic E-state index is 13.6. The van der Waals surface area contributed by atoms with Gasteiger partial charge in [0.25, 0.3) is 0 Å². The Balaban J connectivity index is 1.95. The summed E-state index contributed by atoms with van der Waals surface area (Å²) in [5.41, 5.74) is -1.19. The van der Waals surface area contributed by atoms with E-state index in [1.807, 2.05) is 19.9 Å². The highest BCUT2D eigenvalue weighted by Gasteiger charge is 2.59. The number of aromatic amines is 1. The molecular formula is C26H26Cl2F3N3O3. The van der Waals surface area contributed by atoms with Gasteiger partial charge < -0.3 is 4.74 Å². The number of hydrogen-bond donors (Lipinski definition) is 1. The van der Waals surface area contributed by atoms with Gasteiger partial charge in [-0.15, -0.1) is 0 Å². The topological polar surface area (TPSA) is 84.9 Å². The summed E-state index contributed by atoms with van der Waals surface area (Å²) in [6.07, 6.45) is -5.78. The molecule has 0 spiro atoms. The third-order valence-electron chi connectivity index (χ3n) is 6.21. The van der Waals surface area contributed by atoms with Crippen molar-refractivity contribution in [3.05, 3.63) is 68.1 Å². The predicted octanol–water partition coefficient (Wildman–Crippen LogP) is 6.79. The molecule has 1 atom stereocenters. The fourth-order valence-electron chi connectivity index (χ4n) is 4.07. The Hall–Kier alpha value is -2.75. The Morgan fingerprint density at radius 1 is 1.08 bits per heavy atom. The van der Waals surface area contributed by atoms with Gasteiger partial charge in [-0.2, -0.15) is 18.2 Å². The van der Waals surface area contributed by atoms with Crippen LogP contribution in [0.25, 0.3) is 22.8 Å². The number of H-pyrrole nitrogens is 1. The van der Waals surface area contributed by atoms with Crippen molar-refractivity contribution in [3.8, 4) is 22.8 Å². The van der Waals surface area contributed by atoms with E-state index in [1.54, 1.807) is 24.3 Å². The van der Waals surface area contributed by atoms with Crippen LogP contribution in [0, 0.1) is 0 Å². The van der Waals surface area contributed by atoms with Crippen molar-refractivity contribution >= 4 is 29.0 Å². The third-order valence-corrected chi connectivity index (χ3v) is 6.88. The normalized spacial score (nSPS) is 13.6. The zero-order valence-electron chi connectivity index (χ0n) is 20.7. The summed E-state index contributed by atoms with van der Waals surface area (Å²) in [4.78, 5) is 35.9. The number of carbonyl (C=O) groups excluding carboxylic acids is 1. The molecule has 37 heavy (non-hydrogen) atoms. The lowest BCUT2D eigenvalue weighted by Gasteiger charge is -2.31. The molecule has 6 nitrogen and oxygen atoms in total. The van der Waals surface area contributed by atoms with Gasteiger partial charge in [0.2, 0.25) is 5.60 Å². The molecule has 3 rings (SSSR count). The van der Waals surface area contributed by atoms with E-state index >= 15 is 0 Å². The van der Waals surface area contributed by atoms with Crippen molar-refractivity contribution < 1.29 is 22.7 Å². The van der Waals surface area contributed by atoms with Crippen LogP contribution in [-0.2, 0) is 16.0 Å². The first-order valence-corrected chi connectivity index (χ1v) is 12.3. The van der Waals surface area contributed by atoms with Crippen LogP contribution in [0.1, 0.15) is 50.7 Å². The van der Waals surface area contributed by atoms with Gasteiger partial charge in [-0.1, -0.05) is 50.0 Å². The zero-order valence-corrected chi connectivity index (χ0v) is 22.2. The molecule has 2 aromatic carbocycles. The fraction of sp³-hybridized carbons (Fsp3) is 0.385.